The zero-order valence-electron chi connectivity index (χ0n) is 12.1. The topological polar surface area (TPSA) is 81.2 Å². The van der Waals surface area contributed by atoms with Crippen LogP contribution in [0.3, 0.4) is 0 Å². The molecule has 1 rings (SSSR count). The largest absolute Gasteiger partial charge is 0.467 e. The Bertz CT molecular complexity index is 373. The van der Waals surface area contributed by atoms with E-state index in [-0.39, 0.29) is 6.10 Å². The molecule has 0 aliphatic carbocycles. The number of anilines is 2. The fourth-order valence-corrected chi connectivity index (χ4v) is 1.30. The van der Waals surface area contributed by atoms with Crippen LogP contribution in [-0.2, 0) is 4.74 Å². The van der Waals surface area contributed by atoms with Gasteiger partial charge in [-0.3, -0.25) is 0 Å². The fourth-order valence-electron chi connectivity index (χ4n) is 1.30. The first-order chi connectivity index (χ1) is 9.15. The Labute approximate surface area is 114 Å². The third kappa shape index (κ3) is 6.19. The van der Waals surface area contributed by atoms with Crippen molar-refractivity contribution in [2.24, 2.45) is 0 Å². The fraction of sp³-hybridized carbons (Fsp3) is 0.750. The lowest BCUT2D eigenvalue weighted by Crippen LogP contribution is -2.16. The van der Waals surface area contributed by atoms with E-state index in [2.05, 4.69) is 32.5 Å². The summed E-state index contributed by atoms with van der Waals surface area (Å²) in [5, 5.41) is 6.19. The van der Waals surface area contributed by atoms with Gasteiger partial charge in [-0.2, -0.15) is 15.0 Å². The molecule has 1 aromatic rings. The molecular weight excluding hydrogens is 246 g/mol. The van der Waals surface area contributed by atoms with Crippen molar-refractivity contribution in [1.82, 2.24) is 15.0 Å². The van der Waals surface area contributed by atoms with Gasteiger partial charge in [0.2, 0.25) is 11.9 Å². The highest BCUT2D eigenvalue weighted by atomic mass is 16.5. The molecule has 0 saturated heterocycles. The van der Waals surface area contributed by atoms with Gasteiger partial charge in [-0.25, -0.2) is 0 Å². The SMILES string of the molecule is CCCNc1nc(NCCOC(C)C)nc(OC)n1. The van der Waals surface area contributed by atoms with Gasteiger partial charge in [-0.05, 0) is 20.3 Å². The third-order valence-corrected chi connectivity index (χ3v) is 2.17. The molecule has 108 valence electrons. The molecule has 19 heavy (non-hydrogen) atoms. The van der Waals surface area contributed by atoms with Crippen LogP contribution in [0.2, 0.25) is 0 Å². The molecule has 0 atom stereocenters. The number of hydrogen-bond donors (Lipinski definition) is 2. The molecule has 1 heterocycles. The Balaban J connectivity index is 2.55. The molecule has 7 heteroatoms. The van der Waals surface area contributed by atoms with E-state index in [1.54, 1.807) is 0 Å². The Hall–Kier alpha value is -1.63. The number of methoxy groups -OCH3 is 1. The predicted octanol–water partition coefficient (Wildman–Crippen LogP) is 1.54. The summed E-state index contributed by atoms with van der Waals surface area (Å²) in [5.74, 6) is 0.999. The van der Waals surface area contributed by atoms with Gasteiger partial charge in [0, 0.05) is 13.1 Å². The van der Waals surface area contributed by atoms with Crippen molar-refractivity contribution in [3.8, 4) is 6.01 Å². The molecule has 0 amide bonds. The van der Waals surface area contributed by atoms with Crippen LogP contribution in [0, 0.1) is 0 Å². The Morgan fingerprint density at radius 1 is 1.05 bits per heavy atom. The Morgan fingerprint density at radius 3 is 2.21 bits per heavy atom. The highest BCUT2D eigenvalue weighted by Crippen LogP contribution is 2.10. The number of ether oxygens (including phenoxy) is 2. The van der Waals surface area contributed by atoms with E-state index in [1.807, 2.05) is 13.8 Å². The summed E-state index contributed by atoms with van der Waals surface area (Å²) in [6, 6.07) is 0.292. The maximum Gasteiger partial charge on any atom is 0.322 e. The first-order valence-corrected chi connectivity index (χ1v) is 6.55. The second-order valence-corrected chi connectivity index (χ2v) is 4.24. The van der Waals surface area contributed by atoms with E-state index in [1.165, 1.54) is 7.11 Å². The molecule has 0 bridgehead atoms. The van der Waals surface area contributed by atoms with Gasteiger partial charge < -0.3 is 20.1 Å². The van der Waals surface area contributed by atoms with Gasteiger partial charge in [0.15, 0.2) is 0 Å². The van der Waals surface area contributed by atoms with Crippen LogP contribution in [0.4, 0.5) is 11.9 Å². The normalized spacial score (nSPS) is 10.6. The number of nitrogens with one attached hydrogen (secondary N) is 2. The minimum absolute atomic E-state index is 0.219. The van der Waals surface area contributed by atoms with Crippen LogP contribution >= 0.6 is 0 Å². The van der Waals surface area contributed by atoms with Crippen molar-refractivity contribution < 1.29 is 9.47 Å². The van der Waals surface area contributed by atoms with Crippen LogP contribution in [0.5, 0.6) is 6.01 Å². The zero-order chi connectivity index (χ0) is 14.1. The van der Waals surface area contributed by atoms with E-state index < -0.39 is 0 Å². The average molecular weight is 269 g/mol. The number of hydrogen-bond acceptors (Lipinski definition) is 7. The van der Waals surface area contributed by atoms with Crippen molar-refractivity contribution >= 4 is 11.9 Å². The van der Waals surface area contributed by atoms with Gasteiger partial charge in [0.05, 0.1) is 19.8 Å². The number of rotatable bonds is 9. The maximum absolute atomic E-state index is 5.43. The monoisotopic (exact) mass is 269 g/mol. The first kappa shape index (κ1) is 15.4. The van der Waals surface area contributed by atoms with Crippen molar-refractivity contribution in [3.63, 3.8) is 0 Å². The molecule has 0 aromatic carbocycles. The lowest BCUT2D eigenvalue weighted by molar-refractivity contribution is 0.0869. The molecule has 0 fully saturated rings. The highest BCUT2D eigenvalue weighted by molar-refractivity contribution is 5.35. The minimum Gasteiger partial charge on any atom is -0.467 e. The van der Waals surface area contributed by atoms with Crippen molar-refractivity contribution in [2.75, 3.05) is 37.4 Å². The van der Waals surface area contributed by atoms with E-state index in [4.69, 9.17) is 9.47 Å². The van der Waals surface area contributed by atoms with Gasteiger partial charge in [0.25, 0.3) is 0 Å². The second kappa shape index (κ2) is 8.47. The molecule has 0 spiro atoms. The number of nitrogens with zero attached hydrogens (tertiary/aromatic N) is 3. The van der Waals surface area contributed by atoms with Gasteiger partial charge in [-0.15, -0.1) is 0 Å². The molecule has 2 N–H and O–H groups in total. The maximum atomic E-state index is 5.43. The predicted molar refractivity (Wildman–Crippen MR) is 74.7 cm³/mol. The summed E-state index contributed by atoms with van der Waals surface area (Å²) in [7, 11) is 1.53. The zero-order valence-corrected chi connectivity index (χ0v) is 12.1. The molecule has 0 aliphatic rings. The van der Waals surface area contributed by atoms with Crippen LogP contribution < -0.4 is 15.4 Å². The van der Waals surface area contributed by atoms with Crippen LogP contribution in [0.1, 0.15) is 27.2 Å². The van der Waals surface area contributed by atoms with Crippen LogP contribution in [0.15, 0.2) is 0 Å². The third-order valence-electron chi connectivity index (χ3n) is 2.17. The van der Waals surface area contributed by atoms with Crippen molar-refractivity contribution in [3.05, 3.63) is 0 Å². The minimum atomic E-state index is 0.219. The molecule has 0 unspecified atom stereocenters. The summed E-state index contributed by atoms with van der Waals surface area (Å²) < 4.78 is 10.5. The van der Waals surface area contributed by atoms with Gasteiger partial charge >= 0.3 is 6.01 Å². The van der Waals surface area contributed by atoms with E-state index >= 15 is 0 Å². The quantitative estimate of drug-likeness (QED) is 0.658. The Morgan fingerprint density at radius 2 is 1.68 bits per heavy atom. The molecule has 1 aromatic heterocycles. The molecular formula is C12H23N5O2. The van der Waals surface area contributed by atoms with Gasteiger partial charge in [0.1, 0.15) is 0 Å². The van der Waals surface area contributed by atoms with E-state index in [9.17, 15) is 0 Å². The molecule has 7 nitrogen and oxygen atoms in total. The van der Waals surface area contributed by atoms with Crippen LogP contribution in [0.25, 0.3) is 0 Å². The standard InChI is InChI=1S/C12H23N5O2/c1-5-6-13-10-15-11(17-12(16-10)18-4)14-7-8-19-9(2)3/h9H,5-8H2,1-4H3,(H2,13,14,15,16,17). The van der Waals surface area contributed by atoms with E-state index in [0.717, 1.165) is 13.0 Å². The highest BCUT2D eigenvalue weighted by Gasteiger charge is 2.06. The van der Waals surface area contributed by atoms with E-state index in [0.29, 0.717) is 31.1 Å². The lowest BCUT2D eigenvalue weighted by Gasteiger charge is -2.10. The average Bonchev–Trinajstić information content (AvgIpc) is 2.41. The first-order valence-electron chi connectivity index (χ1n) is 6.55. The summed E-state index contributed by atoms with van der Waals surface area (Å²) in [5.41, 5.74) is 0. The van der Waals surface area contributed by atoms with Crippen molar-refractivity contribution in [2.45, 2.75) is 33.3 Å². The van der Waals surface area contributed by atoms with Crippen LogP contribution in [-0.4, -0.2) is 47.9 Å². The summed E-state index contributed by atoms with van der Waals surface area (Å²) >= 11 is 0. The summed E-state index contributed by atoms with van der Waals surface area (Å²) in [6.45, 7) is 8.12. The smallest absolute Gasteiger partial charge is 0.322 e. The molecule has 0 aliphatic heterocycles. The summed E-state index contributed by atoms with van der Waals surface area (Å²) in [6.07, 6.45) is 1.22. The molecule has 0 saturated carbocycles. The Kier molecular flexibility index (Phi) is 6.88. The van der Waals surface area contributed by atoms with Crippen molar-refractivity contribution in [1.29, 1.82) is 0 Å². The summed E-state index contributed by atoms with van der Waals surface area (Å²) in [4.78, 5) is 12.5. The lowest BCUT2D eigenvalue weighted by atomic mass is 10.5. The van der Waals surface area contributed by atoms with Gasteiger partial charge in [-0.1, -0.05) is 6.92 Å². The number of aromatic nitrogens is 3. The second-order valence-electron chi connectivity index (χ2n) is 4.24. The molecule has 0 radical (unpaired) electrons.